The molecule has 7 heteroatoms. The van der Waals surface area contributed by atoms with E-state index in [1.807, 2.05) is 0 Å². The van der Waals surface area contributed by atoms with E-state index in [0.29, 0.717) is 17.0 Å². The number of rotatable bonds is 4. The fraction of sp³-hybridized carbons (Fsp3) is 0.308. The van der Waals surface area contributed by atoms with Gasteiger partial charge < -0.3 is 0 Å². The normalized spacial score (nSPS) is 13.4. The van der Waals surface area contributed by atoms with Gasteiger partial charge in [-0.3, -0.25) is 5.10 Å². The molecule has 1 heterocycles. The van der Waals surface area contributed by atoms with Crippen LogP contribution in [0.15, 0.2) is 29.2 Å². The van der Waals surface area contributed by atoms with Gasteiger partial charge >= 0.3 is 0 Å². The molecule has 0 spiro atoms. The minimum Gasteiger partial charge on any atom is -0.281 e. The zero-order valence-electron chi connectivity index (χ0n) is 11.4. The van der Waals surface area contributed by atoms with Crippen LogP contribution in [0.1, 0.15) is 29.9 Å². The Morgan fingerprint density at radius 1 is 1.35 bits per heavy atom. The van der Waals surface area contributed by atoms with Crippen molar-refractivity contribution in [2.24, 2.45) is 0 Å². The fourth-order valence-corrected chi connectivity index (χ4v) is 3.67. The molecule has 5 nitrogen and oxygen atoms in total. The fourth-order valence-electron chi connectivity index (χ4n) is 2.07. The van der Waals surface area contributed by atoms with E-state index in [1.165, 1.54) is 12.1 Å². The predicted octanol–water partition coefficient (Wildman–Crippen LogP) is 2.21. The highest BCUT2D eigenvalue weighted by atomic mass is 32.2. The third kappa shape index (κ3) is 2.88. The molecule has 108 valence electrons. The highest BCUT2D eigenvalue weighted by Gasteiger charge is 2.24. The van der Waals surface area contributed by atoms with Crippen molar-refractivity contribution in [2.75, 3.05) is 0 Å². The first-order chi connectivity index (χ1) is 9.31. The Kier molecular flexibility index (Phi) is 3.92. The maximum absolute atomic E-state index is 13.2. The molecule has 1 atom stereocenters. The Labute approximate surface area is 117 Å². The lowest BCUT2D eigenvalue weighted by atomic mass is 10.1. The van der Waals surface area contributed by atoms with Gasteiger partial charge in [-0.05, 0) is 38.5 Å². The summed E-state index contributed by atoms with van der Waals surface area (Å²) in [6.45, 7) is 4.92. The molecule has 2 rings (SSSR count). The van der Waals surface area contributed by atoms with Crippen LogP contribution in [0.25, 0.3) is 0 Å². The van der Waals surface area contributed by atoms with Crippen LogP contribution < -0.4 is 4.72 Å². The molecule has 0 radical (unpaired) electrons. The van der Waals surface area contributed by atoms with Crippen molar-refractivity contribution < 1.29 is 12.8 Å². The summed E-state index contributed by atoms with van der Waals surface area (Å²) in [7, 11) is -3.70. The molecule has 0 aliphatic carbocycles. The van der Waals surface area contributed by atoms with Crippen molar-refractivity contribution >= 4 is 10.0 Å². The lowest BCUT2D eigenvalue weighted by molar-refractivity contribution is 0.563. The molecule has 0 aliphatic rings. The van der Waals surface area contributed by atoms with Gasteiger partial charge in [-0.25, -0.2) is 17.5 Å². The number of hydrogen-bond acceptors (Lipinski definition) is 3. The van der Waals surface area contributed by atoms with Crippen LogP contribution in [-0.2, 0) is 10.0 Å². The van der Waals surface area contributed by atoms with Crippen molar-refractivity contribution in [3.63, 3.8) is 0 Å². The lowest BCUT2D eigenvalue weighted by Gasteiger charge is -2.14. The highest BCUT2D eigenvalue weighted by Crippen LogP contribution is 2.21. The smallest absolute Gasteiger partial charge is 0.244 e. The second-order valence-corrected chi connectivity index (χ2v) is 6.31. The summed E-state index contributed by atoms with van der Waals surface area (Å²) in [5.41, 5.74) is 1.44. The Morgan fingerprint density at radius 3 is 2.60 bits per heavy atom. The number of hydrogen-bond donors (Lipinski definition) is 2. The second kappa shape index (κ2) is 5.34. The topological polar surface area (TPSA) is 74.8 Å². The highest BCUT2D eigenvalue weighted by molar-refractivity contribution is 7.89. The van der Waals surface area contributed by atoms with E-state index >= 15 is 0 Å². The van der Waals surface area contributed by atoms with Crippen molar-refractivity contribution in [3.05, 3.63) is 47.0 Å². The third-order valence-corrected chi connectivity index (χ3v) is 4.81. The van der Waals surface area contributed by atoms with E-state index in [9.17, 15) is 12.8 Å². The molecule has 0 aliphatic heterocycles. The van der Waals surface area contributed by atoms with E-state index in [2.05, 4.69) is 14.9 Å². The van der Waals surface area contributed by atoms with Gasteiger partial charge in [0, 0.05) is 6.04 Å². The van der Waals surface area contributed by atoms with Crippen LogP contribution in [0.4, 0.5) is 4.39 Å². The Hall–Kier alpha value is -1.73. The molecule has 20 heavy (non-hydrogen) atoms. The molecule has 1 aromatic carbocycles. The van der Waals surface area contributed by atoms with Crippen LogP contribution in [-0.4, -0.2) is 18.6 Å². The first kappa shape index (κ1) is 14.7. The minimum atomic E-state index is -3.70. The molecule has 0 amide bonds. The second-order valence-electron chi connectivity index (χ2n) is 4.66. The van der Waals surface area contributed by atoms with Crippen molar-refractivity contribution in [2.45, 2.75) is 31.7 Å². The maximum Gasteiger partial charge on any atom is 0.244 e. The molecule has 0 fully saturated rings. The summed E-state index contributed by atoms with van der Waals surface area (Å²) >= 11 is 0. The minimum absolute atomic E-state index is 0.140. The summed E-state index contributed by atoms with van der Waals surface area (Å²) < 4.78 is 40.4. The van der Waals surface area contributed by atoms with Gasteiger partial charge in [-0.15, -0.1) is 0 Å². The largest absolute Gasteiger partial charge is 0.281 e. The number of aromatic amines is 1. The van der Waals surface area contributed by atoms with E-state index in [-0.39, 0.29) is 4.90 Å². The number of nitrogens with one attached hydrogen (secondary N) is 2. The van der Waals surface area contributed by atoms with Crippen molar-refractivity contribution in [1.82, 2.24) is 14.9 Å². The molecule has 2 N–H and O–H groups in total. The molecule has 1 aromatic heterocycles. The van der Waals surface area contributed by atoms with E-state index in [1.54, 1.807) is 32.9 Å². The molecule has 1 unspecified atom stereocenters. The number of aromatic nitrogens is 2. The van der Waals surface area contributed by atoms with Crippen LogP contribution >= 0.6 is 0 Å². The quantitative estimate of drug-likeness (QED) is 0.908. The number of benzene rings is 1. The third-order valence-electron chi connectivity index (χ3n) is 3.01. The maximum atomic E-state index is 13.2. The van der Waals surface area contributed by atoms with Gasteiger partial charge in [0.15, 0.2) is 0 Å². The lowest BCUT2D eigenvalue weighted by Crippen LogP contribution is -2.27. The Bertz CT molecular complexity index is 705. The van der Waals surface area contributed by atoms with E-state index in [0.717, 1.165) is 0 Å². The van der Waals surface area contributed by atoms with E-state index < -0.39 is 21.9 Å². The molecular weight excluding hydrogens is 281 g/mol. The number of H-pyrrole nitrogens is 1. The summed E-state index contributed by atoms with van der Waals surface area (Å²) in [5, 5.41) is 6.51. The SMILES string of the molecule is Cc1n[nH]c(C)c1S(=O)(=O)NC(C)c1cccc(F)c1. The predicted molar refractivity (Wildman–Crippen MR) is 73.2 cm³/mol. The van der Waals surface area contributed by atoms with Crippen LogP contribution in [0.2, 0.25) is 0 Å². The van der Waals surface area contributed by atoms with Crippen LogP contribution in [0, 0.1) is 19.7 Å². The molecule has 0 saturated heterocycles. The van der Waals surface area contributed by atoms with E-state index in [4.69, 9.17) is 0 Å². The number of aryl methyl sites for hydroxylation is 2. The van der Waals surface area contributed by atoms with Gasteiger partial charge in [0.1, 0.15) is 10.7 Å². The monoisotopic (exact) mass is 297 g/mol. The van der Waals surface area contributed by atoms with Gasteiger partial charge in [0.2, 0.25) is 10.0 Å². The average Bonchev–Trinajstić information content (AvgIpc) is 2.69. The first-order valence-corrected chi connectivity index (χ1v) is 7.59. The van der Waals surface area contributed by atoms with Gasteiger partial charge in [-0.1, -0.05) is 12.1 Å². The van der Waals surface area contributed by atoms with Gasteiger partial charge in [0.05, 0.1) is 11.4 Å². The first-order valence-electron chi connectivity index (χ1n) is 6.10. The summed E-state index contributed by atoms with van der Waals surface area (Å²) in [5.74, 6) is -0.399. The van der Waals surface area contributed by atoms with Crippen molar-refractivity contribution in [1.29, 1.82) is 0 Å². The van der Waals surface area contributed by atoms with Crippen LogP contribution in [0.3, 0.4) is 0 Å². The summed E-state index contributed by atoms with van der Waals surface area (Å²) in [6, 6.07) is 5.30. The molecule has 0 saturated carbocycles. The number of nitrogens with zero attached hydrogens (tertiary/aromatic N) is 1. The Morgan fingerprint density at radius 2 is 2.05 bits per heavy atom. The molecular formula is C13H16FN3O2S. The Balaban J connectivity index is 2.29. The number of halogens is 1. The zero-order valence-corrected chi connectivity index (χ0v) is 12.3. The average molecular weight is 297 g/mol. The van der Waals surface area contributed by atoms with Gasteiger partial charge in [-0.2, -0.15) is 5.10 Å². The zero-order chi connectivity index (χ0) is 14.9. The molecule has 2 aromatic rings. The summed E-state index contributed by atoms with van der Waals surface area (Å²) in [6.07, 6.45) is 0. The summed E-state index contributed by atoms with van der Waals surface area (Å²) in [4.78, 5) is 0.140. The van der Waals surface area contributed by atoms with Gasteiger partial charge in [0.25, 0.3) is 0 Å². The van der Waals surface area contributed by atoms with Crippen molar-refractivity contribution in [3.8, 4) is 0 Å². The number of sulfonamides is 1. The standard InChI is InChI=1S/C13H16FN3O2S/c1-8(11-5-4-6-12(14)7-11)17-20(18,19)13-9(2)15-16-10(13)3/h4-8,17H,1-3H3,(H,15,16). The molecule has 0 bridgehead atoms. The van der Waals surface area contributed by atoms with Crippen LogP contribution in [0.5, 0.6) is 0 Å².